The van der Waals surface area contributed by atoms with E-state index in [4.69, 9.17) is 0 Å². The van der Waals surface area contributed by atoms with E-state index in [0.29, 0.717) is 35.2 Å². The average Bonchev–Trinajstić information content (AvgIpc) is 3.34. The number of nitrogens with zero attached hydrogens (tertiary/aromatic N) is 3. The van der Waals surface area contributed by atoms with Crippen molar-refractivity contribution in [3.63, 3.8) is 0 Å². The molecule has 7 nitrogen and oxygen atoms in total. The fourth-order valence-electron chi connectivity index (χ4n) is 3.51. The van der Waals surface area contributed by atoms with Crippen LogP contribution in [-0.4, -0.2) is 49.3 Å². The third-order valence-corrected chi connectivity index (χ3v) is 6.25. The molecule has 1 saturated heterocycles. The lowest BCUT2D eigenvalue weighted by atomic mass is 10.0. The standard InChI is InChI=1S/C20H18F2N4O3S2/c1-31(28,29)23-10-12-8-9-26(11-12)20(27)24-19-18-13(4-2-7-16(18)30-25-19)17-14(21)5-3-6-15(17)22/h2-7,10,12H,8-9,11H2,1H3,(H,24,25,27)/b23-10+. The highest BCUT2D eigenvalue weighted by Crippen LogP contribution is 2.38. The first-order valence-corrected chi connectivity index (χ1v) is 12.0. The molecule has 0 saturated carbocycles. The number of carbonyl (C=O) groups is 1. The lowest BCUT2D eigenvalue weighted by molar-refractivity contribution is 0.222. The number of benzene rings is 2. The number of halogens is 2. The molecule has 11 heteroatoms. The number of hydrogen-bond acceptors (Lipinski definition) is 5. The Kier molecular flexibility index (Phi) is 5.71. The summed E-state index contributed by atoms with van der Waals surface area (Å²) in [6.07, 6.45) is 2.93. The lowest BCUT2D eigenvalue weighted by Crippen LogP contribution is -2.33. The SMILES string of the molecule is CS(=O)(=O)/N=C/C1CCN(C(=O)Nc2nsc3cccc(-c4c(F)cccc4F)c23)C1. The number of nitrogens with one attached hydrogen (secondary N) is 1. The molecule has 3 aromatic rings. The van der Waals surface area contributed by atoms with E-state index in [1.807, 2.05) is 0 Å². The Labute approximate surface area is 181 Å². The average molecular weight is 465 g/mol. The van der Waals surface area contributed by atoms with Crippen LogP contribution in [-0.2, 0) is 10.0 Å². The number of likely N-dealkylation sites (tertiary alicyclic amines) is 1. The van der Waals surface area contributed by atoms with Crippen LogP contribution in [0.3, 0.4) is 0 Å². The minimum Gasteiger partial charge on any atom is -0.324 e. The topological polar surface area (TPSA) is 91.7 Å². The Morgan fingerprint density at radius 2 is 1.97 bits per heavy atom. The van der Waals surface area contributed by atoms with Crippen molar-refractivity contribution in [1.82, 2.24) is 9.27 Å². The summed E-state index contributed by atoms with van der Waals surface area (Å²) in [5.41, 5.74) is 0.124. The zero-order valence-corrected chi connectivity index (χ0v) is 18.0. The van der Waals surface area contributed by atoms with E-state index in [1.54, 1.807) is 18.2 Å². The first-order chi connectivity index (χ1) is 14.7. The number of fused-ring (bicyclic) bond motifs is 1. The van der Waals surface area contributed by atoms with Crippen molar-refractivity contribution in [2.45, 2.75) is 6.42 Å². The quantitative estimate of drug-likeness (QED) is 0.588. The summed E-state index contributed by atoms with van der Waals surface area (Å²) in [5, 5.41) is 3.19. The largest absolute Gasteiger partial charge is 0.324 e. The highest BCUT2D eigenvalue weighted by molar-refractivity contribution is 7.89. The molecule has 2 aromatic carbocycles. The summed E-state index contributed by atoms with van der Waals surface area (Å²) >= 11 is 1.11. The van der Waals surface area contributed by atoms with Gasteiger partial charge in [0.25, 0.3) is 0 Å². The van der Waals surface area contributed by atoms with E-state index in [2.05, 4.69) is 14.1 Å². The van der Waals surface area contributed by atoms with Gasteiger partial charge in [0.1, 0.15) is 11.6 Å². The number of amides is 2. The summed E-state index contributed by atoms with van der Waals surface area (Å²) in [6.45, 7) is 0.727. The van der Waals surface area contributed by atoms with Crippen molar-refractivity contribution < 1.29 is 22.0 Å². The summed E-state index contributed by atoms with van der Waals surface area (Å²) < 4.78 is 59.6. The van der Waals surface area contributed by atoms with E-state index in [0.717, 1.165) is 17.8 Å². The molecule has 162 valence electrons. The molecule has 1 unspecified atom stereocenters. The Balaban J connectivity index is 1.60. The molecule has 1 atom stereocenters. The molecule has 1 aliphatic heterocycles. The molecule has 1 fully saturated rings. The van der Waals surface area contributed by atoms with Gasteiger partial charge >= 0.3 is 6.03 Å². The van der Waals surface area contributed by atoms with Gasteiger partial charge in [0.15, 0.2) is 5.82 Å². The van der Waals surface area contributed by atoms with Gasteiger partial charge in [0.2, 0.25) is 10.0 Å². The van der Waals surface area contributed by atoms with E-state index in [1.165, 1.54) is 29.3 Å². The highest BCUT2D eigenvalue weighted by atomic mass is 32.2. The smallest absolute Gasteiger partial charge is 0.323 e. The number of urea groups is 1. The van der Waals surface area contributed by atoms with E-state index >= 15 is 0 Å². The zero-order chi connectivity index (χ0) is 22.2. The van der Waals surface area contributed by atoms with Crippen molar-refractivity contribution in [2.75, 3.05) is 24.7 Å². The van der Waals surface area contributed by atoms with Crippen LogP contribution in [0.15, 0.2) is 40.8 Å². The Morgan fingerprint density at radius 1 is 1.26 bits per heavy atom. The number of rotatable bonds is 4. The van der Waals surface area contributed by atoms with Crippen molar-refractivity contribution in [3.05, 3.63) is 48.0 Å². The van der Waals surface area contributed by atoms with Gasteiger partial charge in [-0.3, -0.25) is 5.32 Å². The second-order valence-corrected chi connectivity index (χ2v) is 9.70. The molecule has 4 rings (SSSR count). The fourth-order valence-corrected chi connectivity index (χ4v) is 4.67. The number of hydrogen-bond donors (Lipinski definition) is 1. The fraction of sp³-hybridized carbons (Fsp3) is 0.250. The van der Waals surface area contributed by atoms with Gasteiger partial charge in [-0.05, 0) is 36.2 Å². The third kappa shape index (κ3) is 4.57. The second-order valence-electron chi connectivity index (χ2n) is 7.22. The number of carbonyl (C=O) groups excluding carboxylic acids is 1. The Hall–Kier alpha value is -2.92. The van der Waals surface area contributed by atoms with E-state index < -0.39 is 27.7 Å². The molecule has 1 N–H and O–H groups in total. The summed E-state index contributed by atoms with van der Waals surface area (Å²) in [6, 6.07) is 8.25. The highest BCUT2D eigenvalue weighted by Gasteiger charge is 2.27. The van der Waals surface area contributed by atoms with Gasteiger partial charge in [0.05, 0.1) is 16.5 Å². The minimum atomic E-state index is -3.47. The van der Waals surface area contributed by atoms with Crippen LogP contribution in [0.5, 0.6) is 0 Å². The molecule has 1 aliphatic rings. The van der Waals surface area contributed by atoms with E-state index in [9.17, 15) is 22.0 Å². The molecule has 2 amide bonds. The second kappa shape index (κ2) is 8.31. The predicted octanol–water partition coefficient (Wildman–Crippen LogP) is 4.13. The number of sulfonamides is 1. The monoisotopic (exact) mass is 464 g/mol. The number of anilines is 1. The molecule has 1 aromatic heterocycles. The van der Waals surface area contributed by atoms with Crippen LogP contribution in [0.2, 0.25) is 0 Å². The third-order valence-electron chi connectivity index (χ3n) is 4.93. The van der Waals surface area contributed by atoms with Gasteiger partial charge in [-0.15, -0.1) is 0 Å². The minimum absolute atomic E-state index is 0.171. The van der Waals surface area contributed by atoms with Crippen molar-refractivity contribution in [2.24, 2.45) is 10.3 Å². The van der Waals surface area contributed by atoms with Gasteiger partial charge in [0, 0.05) is 36.2 Å². The molecule has 2 heterocycles. The van der Waals surface area contributed by atoms with Crippen LogP contribution >= 0.6 is 11.5 Å². The summed E-state index contributed by atoms with van der Waals surface area (Å²) in [4.78, 5) is 14.3. The van der Waals surface area contributed by atoms with Crippen LogP contribution < -0.4 is 5.32 Å². The van der Waals surface area contributed by atoms with Crippen molar-refractivity contribution in [3.8, 4) is 11.1 Å². The van der Waals surface area contributed by atoms with Crippen molar-refractivity contribution in [1.29, 1.82) is 0 Å². The van der Waals surface area contributed by atoms with E-state index in [-0.39, 0.29) is 17.3 Å². The van der Waals surface area contributed by atoms with Crippen LogP contribution in [0.1, 0.15) is 6.42 Å². The van der Waals surface area contributed by atoms with Gasteiger partial charge in [-0.25, -0.2) is 22.0 Å². The maximum Gasteiger partial charge on any atom is 0.323 e. The summed E-state index contributed by atoms with van der Waals surface area (Å²) in [7, 11) is -3.47. The molecule has 31 heavy (non-hydrogen) atoms. The molecule has 0 radical (unpaired) electrons. The molecule has 0 bridgehead atoms. The lowest BCUT2D eigenvalue weighted by Gasteiger charge is -2.16. The van der Waals surface area contributed by atoms with Crippen LogP contribution in [0, 0.1) is 17.6 Å². The zero-order valence-electron chi connectivity index (χ0n) is 16.4. The molecule has 0 aliphatic carbocycles. The first kappa shape index (κ1) is 21.3. The van der Waals surface area contributed by atoms with Gasteiger partial charge < -0.3 is 4.90 Å². The maximum absolute atomic E-state index is 14.4. The molecular weight excluding hydrogens is 446 g/mol. The summed E-state index contributed by atoms with van der Waals surface area (Å²) in [5.74, 6) is -1.36. The van der Waals surface area contributed by atoms with Gasteiger partial charge in [-0.2, -0.15) is 8.77 Å². The predicted molar refractivity (Wildman–Crippen MR) is 117 cm³/mol. The molecule has 0 spiro atoms. The Bertz CT molecular complexity index is 1270. The van der Waals surface area contributed by atoms with Crippen molar-refractivity contribution >= 4 is 49.7 Å². The Morgan fingerprint density at radius 3 is 2.68 bits per heavy atom. The van der Waals surface area contributed by atoms with Gasteiger partial charge in [-0.1, -0.05) is 18.2 Å². The number of aromatic nitrogens is 1. The maximum atomic E-state index is 14.4. The molecular formula is C20H18F2N4O3S2. The normalized spacial score (nSPS) is 17.0. The first-order valence-electron chi connectivity index (χ1n) is 9.37. The van der Waals surface area contributed by atoms with Crippen LogP contribution in [0.25, 0.3) is 21.2 Å². The van der Waals surface area contributed by atoms with Crippen LogP contribution in [0.4, 0.5) is 19.4 Å².